The highest BCUT2D eigenvalue weighted by atomic mass is 35.5. The van der Waals surface area contributed by atoms with Gasteiger partial charge >= 0.3 is 0 Å². The number of benzene rings is 2. The van der Waals surface area contributed by atoms with Crippen molar-refractivity contribution >= 4 is 34.8 Å². The monoisotopic (exact) mass is 330 g/mol. The van der Waals surface area contributed by atoms with Crippen LogP contribution in [0.3, 0.4) is 0 Å². The summed E-state index contributed by atoms with van der Waals surface area (Å²) in [5, 5.41) is 5.99. The number of carbonyl (C=O) groups excluding carboxylic acids is 2. The van der Waals surface area contributed by atoms with E-state index in [9.17, 15) is 9.59 Å². The Labute approximate surface area is 140 Å². The van der Waals surface area contributed by atoms with Gasteiger partial charge in [0.05, 0.1) is 10.6 Å². The van der Waals surface area contributed by atoms with Crippen molar-refractivity contribution in [2.45, 2.75) is 20.8 Å². The first-order valence-corrected chi connectivity index (χ1v) is 7.73. The molecular weight excluding hydrogens is 312 g/mol. The molecule has 2 aromatic carbocycles. The van der Waals surface area contributed by atoms with E-state index in [0.717, 1.165) is 5.56 Å². The molecule has 0 saturated carbocycles. The van der Waals surface area contributed by atoms with Crippen molar-refractivity contribution < 1.29 is 9.59 Å². The molecule has 120 valence electrons. The van der Waals surface area contributed by atoms with E-state index in [1.54, 1.807) is 36.4 Å². The number of aryl methyl sites for hydroxylation is 1. The molecule has 23 heavy (non-hydrogen) atoms. The predicted octanol–water partition coefficient (Wildman–Crippen LogP) is 4.50. The third-order valence-corrected chi connectivity index (χ3v) is 3.59. The summed E-state index contributed by atoms with van der Waals surface area (Å²) in [5.41, 5.74) is 2.63. The van der Waals surface area contributed by atoms with Crippen LogP contribution in [0.15, 0.2) is 42.5 Å². The SMILES string of the molecule is Cc1ccc(C(=O)Nc2cccc(NC(=O)C(C)C)c2)c(Cl)c1. The van der Waals surface area contributed by atoms with Crippen LogP contribution >= 0.6 is 11.6 Å². The van der Waals surface area contributed by atoms with Crippen LogP contribution in [0.2, 0.25) is 5.02 Å². The Kier molecular flexibility index (Phi) is 5.40. The summed E-state index contributed by atoms with van der Waals surface area (Å²) in [6.45, 7) is 5.55. The molecule has 0 aliphatic heterocycles. The average Bonchev–Trinajstić information content (AvgIpc) is 2.47. The van der Waals surface area contributed by atoms with Crippen molar-refractivity contribution in [1.29, 1.82) is 0 Å². The standard InChI is InChI=1S/C18H19ClN2O2/c1-11(2)17(22)20-13-5-4-6-14(10-13)21-18(23)15-8-7-12(3)9-16(15)19/h4-11H,1-3H3,(H,20,22)(H,21,23). The zero-order valence-electron chi connectivity index (χ0n) is 13.3. The number of carbonyl (C=O) groups is 2. The number of hydrogen-bond acceptors (Lipinski definition) is 2. The topological polar surface area (TPSA) is 58.2 Å². The molecule has 5 heteroatoms. The molecule has 2 amide bonds. The lowest BCUT2D eigenvalue weighted by molar-refractivity contribution is -0.118. The fraction of sp³-hybridized carbons (Fsp3) is 0.222. The second kappa shape index (κ2) is 7.29. The van der Waals surface area contributed by atoms with Gasteiger partial charge in [0.25, 0.3) is 5.91 Å². The summed E-state index contributed by atoms with van der Waals surface area (Å²) in [5.74, 6) is -0.475. The van der Waals surface area contributed by atoms with Gasteiger partial charge in [-0.05, 0) is 42.8 Å². The molecule has 0 aliphatic carbocycles. The summed E-state index contributed by atoms with van der Waals surface area (Å²) in [6, 6.07) is 12.3. The Balaban J connectivity index is 2.13. The Morgan fingerprint density at radius 2 is 1.65 bits per heavy atom. The Morgan fingerprint density at radius 1 is 1.00 bits per heavy atom. The van der Waals surface area contributed by atoms with Crippen molar-refractivity contribution in [2.75, 3.05) is 10.6 Å². The molecule has 4 nitrogen and oxygen atoms in total. The molecule has 0 atom stereocenters. The fourth-order valence-electron chi connectivity index (χ4n) is 1.96. The van der Waals surface area contributed by atoms with E-state index in [-0.39, 0.29) is 17.7 Å². The van der Waals surface area contributed by atoms with Crippen LogP contribution in [0, 0.1) is 12.8 Å². The van der Waals surface area contributed by atoms with Crippen molar-refractivity contribution in [3.63, 3.8) is 0 Å². The Morgan fingerprint density at radius 3 is 2.26 bits per heavy atom. The van der Waals surface area contributed by atoms with Crippen LogP contribution in [-0.4, -0.2) is 11.8 Å². The zero-order valence-corrected chi connectivity index (χ0v) is 14.1. The van der Waals surface area contributed by atoms with Gasteiger partial charge in [0.2, 0.25) is 5.91 Å². The molecule has 0 fully saturated rings. The van der Waals surface area contributed by atoms with Gasteiger partial charge in [0, 0.05) is 17.3 Å². The highest BCUT2D eigenvalue weighted by molar-refractivity contribution is 6.34. The highest BCUT2D eigenvalue weighted by Gasteiger charge is 2.12. The molecule has 0 saturated heterocycles. The third-order valence-electron chi connectivity index (χ3n) is 3.28. The van der Waals surface area contributed by atoms with Crippen LogP contribution in [0.25, 0.3) is 0 Å². The van der Waals surface area contributed by atoms with Crippen LogP contribution in [0.5, 0.6) is 0 Å². The van der Waals surface area contributed by atoms with Gasteiger partial charge in [-0.1, -0.05) is 37.6 Å². The van der Waals surface area contributed by atoms with Crippen molar-refractivity contribution in [3.05, 3.63) is 58.6 Å². The molecule has 0 aromatic heterocycles. The van der Waals surface area contributed by atoms with Gasteiger partial charge in [0.1, 0.15) is 0 Å². The largest absolute Gasteiger partial charge is 0.326 e. The van der Waals surface area contributed by atoms with E-state index in [1.165, 1.54) is 0 Å². The Hall–Kier alpha value is -2.33. The molecule has 0 aliphatic rings. The molecule has 2 aromatic rings. The molecule has 0 spiro atoms. The molecule has 2 rings (SSSR count). The normalized spacial score (nSPS) is 10.5. The highest BCUT2D eigenvalue weighted by Crippen LogP contribution is 2.21. The van der Waals surface area contributed by atoms with Gasteiger partial charge < -0.3 is 10.6 Å². The van der Waals surface area contributed by atoms with Crippen LogP contribution in [0.1, 0.15) is 29.8 Å². The van der Waals surface area contributed by atoms with E-state index in [4.69, 9.17) is 11.6 Å². The van der Waals surface area contributed by atoms with Crippen LogP contribution in [-0.2, 0) is 4.79 Å². The minimum absolute atomic E-state index is 0.0740. The summed E-state index contributed by atoms with van der Waals surface area (Å²) in [6.07, 6.45) is 0. The van der Waals surface area contributed by atoms with Crippen molar-refractivity contribution in [1.82, 2.24) is 0 Å². The maximum absolute atomic E-state index is 12.3. The van der Waals surface area contributed by atoms with E-state index in [2.05, 4.69) is 10.6 Å². The van der Waals surface area contributed by atoms with Crippen LogP contribution in [0.4, 0.5) is 11.4 Å². The predicted molar refractivity (Wildman–Crippen MR) is 94.1 cm³/mol. The Bertz CT molecular complexity index is 742. The first-order valence-electron chi connectivity index (χ1n) is 7.35. The minimum Gasteiger partial charge on any atom is -0.326 e. The number of amides is 2. The lowest BCUT2D eigenvalue weighted by Gasteiger charge is -2.11. The van der Waals surface area contributed by atoms with E-state index in [1.807, 2.05) is 26.8 Å². The second-order valence-corrected chi connectivity index (χ2v) is 6.07. The lowest BCUT2D eigenvalue weighted by atomic mass is 10.1. The van der Waals surface area contributed by atoms with Crippen LogP contribution < -0.4 is 10.6 Å². The van der Waals surface area contributed by atoms with Gasteiger partial charge in [-0.2, -0.15) is 0 Å². The summed E-state index contributed by atoms with van der Waals surface area (Å²) >= 11 is 6.11. The number of nitrogens with one attached hydrogen (secondary N) is 2. The molecular formula is C18H19ClN2O2. The quantitative estimate of drug-likeness (QED) is 0.867. The molecule has 0 heterocycles. The first kappa shape index (κ1) is 17.0. The molecule has 0 radical (unpaired) electrons. The van der Waals surface area contributed by atoms with E-state index < -0.39 is 0 Å². The maximum Gasteiger partial charge on any atom is 0.257 e. The fourth-order valence-corrected chi connectivity index (χ4v) is 2.28. The smallest absolute Gasteiger partial charge is 0.257 e. The maximum atomic E-state index is 12.3. The van der Waals surface area contributed by atoms with Crippen molar-refractivity contribution in [2.24, 2.45) is 5.92 Å². The minimum atomic E-state index is -0.290. The lowest BCUT2D eigenvalue weighted by Crippen LogP contribution is -2.18. The number of hydrogen-bond donors (Lipinski definition) is 2. The van der Waals surface area contributed by atoms with E-state index >= 15 is 0 Å². The zero-order chi connectivity index (χ0) is 17.0. The van der Waals surface area contributed by atoms with Gasteiger partial charge in [-0.15, -0.1) is 0 Å². The first-order chi connectivity index (χ1) is 10.9. The van der Waals surface area contributed by atoms with Gasteiger partial charge in [-0.3, -0.25) is 9.59 Å². The average molecular weight is 331 g/mol. The van der Waals surface area contributed by atoms with Crippen molar-refractivity contribution in [3.8, 4) is 0 Å². The summed E-state index contributed by atoms with van der Waals surface area (Å²) in [4.78, 5) is 24.0. The third kappa shape index (κ3) is 4.57. The number of halogens is 1. The number of rotatable bonds is 4. The summed E-state index contributed by atoms with van der Waals surface area (Å²) in [7, 11) is 0. The molecule has 0 bridgehead atoms. The van der Waals surface area contributed by atoms with Gasteiger partial charge in [0.15, 0.2) is 0 Å². The van der Waals surface area contributed by atoms with Gasteiger partial charge in [-0.25, -0.2) is 0 Å². The second-order valence-electron chi connectivity index (χ2n) is 5.66. The number of anilines is 2. The van der Waals surface area contributed by atoms with E-state index in [0.29, 0.717) is 22.0 Å². The molecule has 0 unspecified atom stereocenters. The molecule has 2 N–H and O–H groups in total. The summed E-state index contributed by atoms with van der Waals surface area (Å²) < 4.78 is 0.